The van der Waals surface area contributed by atoms with Crippen molar-refractivity contribution < 1.29 is 13.9 Å². The van der Waals surface area contributed by atoms with Gasteiger partial charge in [0.2, 0.25) is 0 Å². The Labute approximate surface area is 233 Å². The average molecular weight is 542 g/mol. The van der Waals surface area contributed by atoms with Crippen molar-refractivity contribution in [1.82, 2.24) is 0 Å². The third-order valence-corrected chi connectivity index (χ3v) is 8.93. The van der Waals surface area contributed by atoms with Gasteiger partial charge >= 0.3 is 0 Å². The molecule has 4 aromatic carbocycles. The molecule has 0 N–H and O–H groups in total. The standard InChI is InChI=1S/C34H37FNO2P/c1-5-34(2,39-32-17-16-30(35)22-29(32)23-36-3)31-21-27(18-25-12-8-6-9-13-25)20-28(33(31)38-24-37-4)19-26-14-10-7-11-15-26/h6-17,20-23,39H,5,18-19,24H2,1-4H3/b36-23+. The maximum atomic E-state index is 14.1. The molecule has 2 atom stereocenters. The fourth-order valence-electron chi connectivity index (χ4n) is 4.87. The molecule has 0 amide bonds. The lowest BCUT2D eigenvalue weighted by Crippen LogP contribution is -2.22. The number of methoxy groups -OCH3 is 1. The number of halogens is 1. The molecule has 0 saturated carbocycles. The molecule has 0 saturated heterocycles. The third-order valence-electron chi connectivity index (χ3n) is 7.03. The van der Waals surface area contributed by atoms with Gasteiger partial charge in [0, 0.05) is 43.1 Å². The van der Waals surface area contributed by atoms with E-state index in [0.29, 0.717) is 8.58 Å². The van der Waals surface area contributed by atoms with E-state index in [1.165, 1.54) is 16.7 Å². The van der Waals surface area contributed by atoms with E-state index in [9.17, 15) is 4.39 Å². The Morgan fingerprint density at radius 1 is 0.872 bits per heavy atom. The van der Waals surface area contributed by atoms with Gasteiger partial charge < -0.3 is 9.47 Å². The van der Waals surface area contributed by atoms with Gasteiger partial charge in [0.05, 0.1) is 0 Å². The van der Waals surface area contributed by atoms with E-state index in [-0.39, 0.29) is 17.8 Å². The Balaban J connectivity index is 1.87. The van der Waals surface area contributed by atoms with Crippen LogP contribution in [0, 0.1) is 5.82 Å². The zero-order valence-electron chi connectivity index (χ0n) is 23.2. The number of ether oxygens (including phenoxy) is 2. The van der Waals surface area contributed by atoms with E-state index in [0.717, 1.165) is 47.0 Å². The lowest BCUT2D eigenvalue weighted by Gasteiger charge is -2.33. The highest BCUT2D eigenvalue weighted by atomic mass is 31.1. The molecule has 0 spiro atoms. The number of aliphatic imine (C=N–C) groups is 1. The lowest BCUT2D eigenvalue weighted by atomic mass is 9.88. The van der Waals surface area contributed by atoms with Crippen LogP contribution in [-0.4, -0.2) is 27.2 Å². The van der Waals surface area contributed by atoms with Crippen LogP contribution in [0.1, 0.15) is 53.6 Å². The molecule has 3 nitrogen and oxygen atoms in total. The summed E-state index contributed by atoms with van der Waals surface area (Å²) in [6.07, 6.45) is 4.21. The summed E-state index contributed by atoms with van der Waals surface area (Å²) in [6, 6.07) is 30.6. The summed E-state index contributed by atoms with van der Waals surface area (Å²) < 4.78 is 25.9. The highest BCUT2D eigenvalue weighted by Crippen LogP contribution is 2.49. The Hall–Kier alpha value is -3.33. The van der Waals surface area contributed by atoms with Crippen molar-refractivity contribution in [2.45, 2.75) is 38.3 Å². The molecule has 0 bridgehead atoms. The summed E-state index contributed by atoms with van der Waals surface area (Å²) in [7, 11) is 3.75. The van der Waals surface area contributed by atoms with Crippen molar-refractivity contribution in [2.75, 3.05) is 21.0 Å². The molecular weight excluding hydrogens is 504 g/mol. The van der Waals surface area contributed by atoms with Gasteiger partial charge in [0.25, 0.3) is 0 Å². The van der Waals surface area contributed by atoms with Crippen molar-refractivity contribution in [3.8, 4) is 5.75 Å². The van der Waals surface area contributed by atoms with Crippen LogP contribution in [0.5, 0.6) is 5.75 Å². The van der Waals surface area contributed by atoms with Crippen LogP contribution in [0.15, 0.2) is 96.0 Å². The smallest absolute Gasteiger partial charge is 0.188 e. The summed E-state index contributed by atoms with van der Waals surface area (Å²) in [5, 5.41) is 0.831. The molecule has 4 rings (SSSR count). The molecule has 0 aromatic heterocycles. The Morgan fingerprint density at radius 2 is 1.54 bits per heavy atom. The van der Waals surface area contributed by atoms with Gasteiger partial charge in [-0.2, -0.15) is 0 Å². The molecule has 4 aromatic rings. The molecule has 2 unspecified atom stereocenters. The van der Waals surface area contributed by atoms with Crippen molar-refractivity contribution in [1.29, 1.82) is 0 Å². The lowest BCUT2D eigenvalue weighted by molar-refractivity contribution is 0.0494. The molecule has 202 valence electrons. The maximum absolute atomic E-state index is 14.1. The normalized spacial score (nSPS) is 13.3. The molecule has 0 heterocycles. The topological polar surface area (TPSA) is 30.8 Å². The molecule has 0 fully saturated rings. The zero-order valence-corrected chi connectivity index (χ0v) is 24.2. The molecule has 0 aliphatic rings. The first-order chi connectivity index (χ1) is 19.0. The second kappa shape index (κ2) is 13.6. The zero-order chi connectivity index (χ0) is 27.7. The van der Waals surface area contributed by atoms with Gasteiger partial charge in [-0.3, -0.25) is 4.99 Å². The van der Waals surface area contributed by atoms with Crippen LogP contribution >= 0.6 is 8.58 Å². The van der Waals surface area contributed by atoms with Gasteiger partial charge in [-0.15, -0.1) is 0 Å². The number of rotatable bonds is 12. The van der Waals surface area contributed by atoms with Crippen molar-refractivity contribution >= 4 is 20.1 Å². The van der Waals surface area contributed by atoms with Gasteiger partial charge in [0.15, 0.2) is 6.79 Å². The first-order valence-corrected chi connectivity index (χ1v) is 14.3. The largest absolute Gasteiger partial charge is 0.467 e. The van der Waals surface area contributed by atoms with Crippen LogP contribution < -0.4 is 10.0 Å². The predicted octanol–water partition coefficient (Wildman–Crippen LogP) is 7.67. The number of benzene rings is 4. The van der Waals surface area contributed by atoms with E-state index in [4.69, 9.17) is 9.47 Å². The van der Waals surface area contributed by atoms with Crippen LogP contribution in [0.25, 0.3) is 0 Å². The first kappa shape index (κ1) is 28.7. The molecule has 5 heteroatoms. The van der Waals surface area contributed by atoms with Crippen LogP contribution in [0.3, 0.4) is 0 Å². The number of hydrogen-bond donors (Lipinski definition) is 0. The molecule has 0 radical (unpaired) electrons. The average Bonchev–Trinajstić information content (AvgIpc) is 2.95. The van der Waals surface area contributed by atoms with Crippen molar-refractivity contribution in [3.05, 3.63) is 130 Å². The highest BCUT2D eigenvalue weighted by molar-refractivity contribution is 7.48. The Bertz CT molecular complexity index is 1390. The van der Waals surface area contributed by atoms with Crippen molar-refractivity contribution in [2.24, 2.45) is 4.99 Å². The molecule has 39 heavy (non-hydrogen) atoms. The molecular formula is C34H37FNO2P. The number of hydrogen-bond acceptors (Lipinski definition) is 3. The van der Waals surface area contributed by atoms with Gasteiger partial charge in [-0.25, -0.2) is 4.39 Å². The van der Waals surface area contributed by atoms with Crippen LogP contribution in [0.2, 0.25) is 0 Å². The second-order valence-electron chi connectivity index (χ2n) is 9.94. The first-order valence-electron chi connectivity index (χ1n) is 13.3. The molecule has 0 aliphatic heterocycles. The van der Waals surface area contributed by atoms with E-state index in [1.54, 1.807) is 32.5 Å². The monoisotopic (exact) mass is 541 g/mol. The summed E-state index contributed by atoms with van der Waals surface area (Å²) in [4.78, 5) is 4.19. The SMILES string of the molecule is CCC(C)(Pc1ccc(F)cc1/C=N/C)c1cc(Cc2ccccc2)cc(Cc2ccccc2)c1OCOC. The highest BCUT2D eigenvalue weighted by Gasteiger charge is 2.31. The quantitative estimate of drug-likeness (QED) is 0.105. The van der Waals surface area contributed by atoms with Crippen molar-refractivity contribution in [3.63, 3.8) is 0 Å². The van der Waals surface area contributed by atoms with Gasteiger partial charge in [-0.05, 0) is 52.5 Å². The summed E-state index contributed by atoms with van der Waals surface area (Å²) in [5.41, 5.74) is 6.85. The minimum Gasteiger partial charge on any atom is -0.467 e. The maximum Gasteiger partial charge on any atom is 0.188 e. The van der Waals surface area contributed by atoms with Crippen LogP contribution in [-0.2, 0) is 22.7 Å². The minimum absolute atomic E-state index is 0.167. The predicted molar refractivity (Wildman–Crippen MR) is 163 cm³/mol. The molecule has 0 aliphatic carbocycles. The fraction of sp³-hybridized carbons (Fsp3) is 0.265. The summed E-state index contributed by atoms with van der Waals surface area (Å²) in [5.74, 6) is 0.623. The summed E-state index contributed by atoms with van der Waals surface area (Å²) >= 11 is 0. The minimum atomic E-state index is -0.255. The second-order valence-corrected chi connectivity index (χ2v) is 11.8. The van der Waals surface area contributed by atoms with Crippen LogP contribution in [0.4, 0.5) is 4.39 Å². The third kappa shape index (κ3) is 7.41. The fourth-order valence-corrected chi connectivity index (χ4v) is 6.41. The van der Waals surface area contributed by atoms with E-state index < -0.39 is 0 Å². The Morgan fingerprint density at radius 3 is 2.15 bits per heavy atom. The van der Waals surface area contributed by atoms with Gasteiger partial charge in [-0.1, -0.05) is 101 Å². The van der Waals surface area contributed by atoms with E-state index >= 15 is 0 Å². The van der Waals surface area contributed by atoms with Gasteiger partial charge in [0.1, 0.15) is 11.6 Å². The van der Waals surface area contributed by atoms with E-state index in [2.05, 4.69) is 79.5 Å². The summed E-state index contributed by atoms with van der Waals surface area (Å²) in [6.45, 7) is 4.67. The Kier molecular flexibility index (Phi) is 10.0. The van der Waals surface area contributed by atoms with E-state index in [1.807, 2.05) is 18.2 Å². The number of nitrogens with zero attached hydrogens (tertiary/aromatic N) is 1.